The molecular formula is C18H31NO. The summed E-state index contributed by atoms with van der Waals surface area (Å²) in [4.78, 5) is 0. The van der Waals surface area contributed by atoms with Gasteiger partial charge in [0, 0.05) is 12.6 Å². The summed E-state index contributed by atoms with van der Waals surface area (Å²) in [6.45, 7) is 7.78. The second-order valence-electron chi connectivity index (χ2n) is 8.11. The van der Waals surface area contributed by atoms with Gasteiger partial charge in [0.25, 0.3) is 0 Å². The molecule has 2 heteroatoms. The minimum Gasteiger partial charge on any atom is -0.390 e. The van der Waals surface area contributed by atoms with Gasteiger partial charge in [-0.25, -0.2) is 0 Å². The van der Waals surface area contributed by atoms with Gasteiger partial charge < -0.3 is 10.4 Å². The molecule has 0 amide bonds. The van der Waals surface area contributed by atoms with Crippen LogP contribution in [0, 0.1) is 17.3 Å². The minimum absolute atomic E-state index is 0.325. The lowest BCUT2D eigenvalue weighted by atomic mass is 9.46. The van der Waals surface area contributed by atoms with E-state index in [1.54, 1.807) is 0 Å². The van der Waals surface area contributed by atoms with Crippen LogP contribution in [-0.4, -0.2) is 23.3 Å². The Morgan fingerprint density at radius 2 is 1.95 bits per heavy atom. The summed E-state index contributed by atoms with van der Waals surface area (Å²) in [5, 5.41) is 14.6. The van der Waals surface area contributed by atoms with E-state index in [1.807, 2.05) is 0 Å². The topological polar surface area (TPSA) is 32.3 Å². The van der Waals surface area contributed by atoms with Gasteiger partial charge in [-0.1, -0.05) is 18.6 Å². The first kappa shape index (κ1) is 14.6. The Labute approximate surface area is 124 Å². The lowest BCUT2D eigenvalue weighted by Crippen LogP contribution is -2.61. The molecule has 4 saturated carbocycles. The van der Waals surface area contributed by atoms with E-state index in [0.717, 1.165) is 44.1 Å². The molecule has 0 saturated heterocycles. The van der Waals surface area contributed by atoms with Crippen molar-refractivity contribution < 1.29 is 5.11 Å². The zero-order valence-corrected chi connectivity index (χ0v) is 13.4. The maximum Gasteiger partial charge on any atom is 0.0659 e. The van der Waals surface area contributed by atoms with Crippen molar-refractivity contribution in [2.45, 2.75) is 77.4 Å². The number of aliphatic hydroxyl groups is 1. The molecule has 0 aromatic rings. The summed E-state index contributed by atoms with van der Waals surface area (Å²) in [6.07, 6.45) is 10.7. The zero-order valence-electron chi connectivity index (χ0n) is 13.4. The monoisotopic (exact) mass is 277 g/mol. The third-order valence-corrected chi connectivity index (χ3v) is 6.23. The van der Waals surface area contributed by atoms with Crippen molar-refractivity contribution in [2.24, 2.45) is 17.3 Å². The van der Waals surface area contributed by atoms with Gasteiger partial charge in [-0.15, -0.1) is 0 Å². The predicted octanol–water partition coefficient (Wildman–Crippen LogP) is 3.65. The van der Waals surface area contributed by atoms with E-state index in [-0.39, 0.29) is 5.60 Å². The van der Waals surface area contributed by atoms with Crippen molar-refractivity contribution in [3.63, 3.8) is 0 Å². The van der Waals surface area contributed by atoms with Crippen molar-refractivity contribution in [3.8, 4) is 0 Å². The van der Waals surface area contributed by atoms with E-state index in [0.29, 0.717) is 11.5 Å². The molecule has 20 heavy (non-hydrogen) atoms. The maximum absolute atomic E-state index is 10.8. The molecule has 2 N–H and O–H groups in total. The van der Waals surface area contributed by atoms with Crippen LogP contribution in [0.4, 0.5) is 0 Å². The van der Waals surface area contributed by atoms with Crippen LogP contribution in [0.15, 0.2) is 11.6 Å². The Morgan fingerprint density at radius 1 is 1.30 bits per heavy atom. The van der Waals surface area contributed by atoms with Gasteiger partial charge in [0.05, 0.1) is 5.60 Å². The fraction of sp³-hybridized carbons (Fsp3) is 0.889. The summed E-state index contributed by atoms with van der Waals surface area (Å²) in [5.41, 5.74) is 1.49. The van der Waals surface area contributed by atoms with Gasteiger partial charge in [-0.05, 0) is 76.0 Å². The van der Waals surface area contributed by atoms with Crippen LogP contribution in [0.25, 0.3) is 0 Å². The summed E-state index contributed by atoms with van der Waals surface area (Å²) in [7, 11) is 0. The number of rotatable bonds is 5. The van der Waals surface area contributed by atoms with Gasteiger partial charge in [0.1, 0.15) is 0 Å². The summed E-state index contributed by atoms with van der Waals surface area (Å²) in [5.74, 6) is 1.58. The van der Waals surface area contributed by atoms with Gasteiger partial charge in [-0.2, -0.15) is 0 Å². The van der Waals surface area contributed by atoms with Gasteiger partial charge in [0.2, 0.25) is 0 Å². The van der Waals surface area contributed by atoms with Crippen molar-refractivity contribution in [1.29, 1.82) is 0 Å². The summed E-state index contributed by atoms with van der Waals surface area (Å²) in [6, 6.07) is 0.528. The molecule has 0 aromatic carbocycles. The normalized spacial score (nSPS) is 44.9. The Morgan fingerprint density at radius 3 is 2.50 bits per heavy atom. The van der Waals surface area contributed by atoms with Crippen LogP contribution in [0.5, 0.6) is 0 Å². The van der Waals surface area contributed by atoms with Crippen LogP contribution < -0.4 is 5.32 Å². The van der Waals surface area contributed by atoms with Crippen molar-refractivity contribution >= 4 is 0 Å². The van der Waals surface area contributed by atoms with E-state index in [4.69, 9.17) is 0 Å². The maximum atomic E-state index is 10.8. The van der Waals surface area contributed by atoms with Crippen LogP contribution in [0.3, 0.4) is 0 Å². The fourth-order valence-corrected chi connectivity index (χ4v) is 5.74. The highest BCUT2D eigenvalue weighted by atomic mass is 16.3. The Balaban J connectivity index is 1.68. The molecule has 4 aliphatic carbocycles. The third kappa shape index (κ3) is 2.57. The Hall–Kier alpha value is -0.340. The smallest absolute Gasteiger partial charge is 0.0659 e. The van der Waals surface area contributed by atoms with Crippen LogP contribution in [-0.2, 0) is 0 Å². The van der Waals surface area contributed by atoms with E-state index >= 15 is 0 Å². The lowest BCUT2D eigenvalue weighted by molar-refractivity contribution is -0.171. The minimum atomic E-state index is -0.325. The van der Waals surface area contributed by atoms with E-state index < -0.39 is 0 Å². The van der Waals surface area contributed by atoms with Gasteiger partial charge in [-0.3, -0.25) is 0 Å². The summed E-state index contributed by atoms with van der Waals surface area (Å²) < 4.78 is 0. The molecule has 0 spiro atoms. The second-order valence-corrected chi connectivity index (χ2v) is 8.11. The molecule has 3 unspecified atom stereocenters. The standard InChI is InChI=1S/C18H31NO/c1-4-5-13(2)11-19-14(3)17-7-15-6-16(8-17)10-18(20,9-15)12-17/h5,14-16,19-20H,4,6-12H2,1-3H3/b13-5+. The van der Waals surface area contributed by atoms with Crippen LogP contribution in [0.1, 0.15) is 65.7 Å². The Bertz CT molecular complexity index is 386. The van der Waals surface area contributed by atoms with Crippen molar-refractivity contribution in [1.82, 2.24) is 5.32 Å². The average molecular weight is 277 g/mol. The first-order valence-electron chi connectivity index (χ1n) is 8.56. The van der Waals surface area contributed by atoms with Crippen LogP contribution >= 0.6 is 0 Å². The number of allylic oxidation sites excluding steroid dienone is 1. The van der Waals surface area contributed by atoms with Crippen molar-refractivity contribution in [3.05, 3.63) is 11.6 Å². The highest BCUT2D eigenvalue weighted by Gasteiger charge is 2.58. The third-order valence-electron chi connectivity index (χ3n) is 6.23. The van der Waals surface area contributed by atoms with Crippen molar-refractivity contribution in [2.75, 3.05) is 6.54 Å². The SMILES string of the molecule is CC/C=C(\C)CNC(C)C12CC3CC(CC(O)(C3)C1)C2. The molecule has 0 aliphatic heterocycles. The number of nitrogens with one attached hydrogen (secondary N) is 1. The first-order valence-corrected chi connectivity index (χ1v) is 8.56. The first-order chi connectivity index (χ1) is 9.45. The Kier molecular flexibility index (Phi) is 3.75. The molecule has 2 nitrogen and oxygen atoms in total. The van der Waals surface area contributed by atoms with E-state index in [9.17, 15) is 5.11 Å². The predicted molar refractivity (Wildman–Crippen MR) is 83.6 cm³/mol. The highest BCUT2D eigenvalue weighted by molar-refractivity contribution is 5.12. The van der Waals surface area contributed by atoms with Crippen LogP contribution in [0.2, 0.25) is 0 Å². The largest absolute Gasteiger partial charge is 0.390 e. The van der Waals surface area contributed by atoms with E-state index in [2.05, 4.69) is 32.2 Å². The molecule has 3 atom stereocenters. The average Bonchev–Trinajstić information content (AvgIpc) is 2.33. The molecule has 114 valence electrons. The van der Waals surface area contributed by atoms with E-state index in [1.165, 1.54) is 24.8 Å². The molecule has 0 radical (unpaired) electrons. The second kappa shape index (κ2) is 5.14. The van der Waals surface area contributed by atoms with Gasteiger partial charge in [0.15, 0.2) is 0 Å². The molecule has 4 aliphatic rings. The van der Waals surface area contributed by atoms with Gasteiger partial charge >= 0.3 is 0 Å². The zero-order chi connectivity index (χ0) is 14.4. The molecule has 0 aromatic heterocycles. The molecule has 0 heterocycles. The lowest BCUT2D eigenvalue weighted by Gasteiger charge is -2.62. The fourth-order valence-electron chi connectivity index (χ4n) is 5.74. The molecule has 4 rings (SSSR count). The highest BCUT2D eigenvalue weighted by Crippen LogP contribution is 2.62. The quantitative estimate of drug-likeness (QED) is 0.752. The summed E-state index contributed by atoms with van der Waals surface area (Å²) >= 11 is 0. The molecular weight excluding hydrogens is 246 g/mol. The number of hydrogen-bond acceptors (Lipinski definition) is 2. The molecule has 4 bridgehead atoms. The number of hydrogen-bond donors (Lipinski definition) is 2. The molecule has 4 fully saturated rings.